The fraction of sp³-hybridized carbons (Fsp3) is 1.00. The van der Waals surface area contributed by atoms with E-state index in [0.717, 1.165) is 26.1 Å². The number of ether oxygens (including phenoxy) is 2. The minimum absolute atomic E-state index is 0.194. The second-order valence-corrected chi connectivity index (χ2v) is 4.52. The fourth-order valence-electron chi connectivity index (χ4n) is 2.28. The molecule has 96 valence electrons. The number of aliphatic hydroxyl groups is 1. The number of rotatable bonds is 8. The van der Waals surface area contributed by atoms with Gasteiger partial charge in [-0.05, 0) is 32.7 Å². The van der Waals surface area contributed by atoms with Crippen molar-refractivity contribution in [1.29, 1.82) is 0 Å². The minimum atomic E-state index is -0.194. The molecule has 1 saturated heterocycles. The van der Waals surface area contributed by atoms with Crippen molar-refractivity contribution in [3.63, 3.8) is 0 Å². The zero-order valence-corrected chi connectivity index (χ0v) is 10.5. The molecule has 4 nitrogen and oxygen atoms in total. The maximum absolute atomic E-state index is 9.40. The molecule has 0 aromatic carbocycles. The summed E-state index contributed by atoms with van der Waals surface area (Å²) < 4.78 is 10.4. The smallest absolute Gasteiger partial charge is 0.0700 e. The van der Waals surface area contributed by atoms with Gasteiger partial charge in [0.1, 0.15) is 0 Å². The first-order valence-electron chi connectivity index (χ1n) is 6.23. The molecule has 0 aromatic heterocycles. The molecule has 2 unspecified atom stereocenters. The summed E-state index contributed by atoms with van der Waals surface area (Å²) in [6.45, 7) is 6.08. The van der Waals surface area contributed by atoms with E-state index < -0.39 is 0 Å². The van der Waals surface area contributed by atoms with E-state index in [2.05, 4.69) is 4.90 Å². The van der Waals surface area contributed by atoms with Gasteiger partial charge in [-0.15, -0.1) is 0 Å². The molecule has 1 aliphatic rings. The first kappa shape index (κ1) is 13.9. The van der Waals surface area contributed by atoms with Crippen molar-refractivity contribution in [2.75, 3.05) is 40.0 Å². The van der Waals surface area contributed by atoms with Crippen LogP contribution in [0.1, 0.15) is 26.2 Å². The van der Waals surface area contributed by atoms with Crippen molar-refractivity contribution in [3.05, 3.63) is 0 Å². The van der Waals surface area contributed by atoms with Gasteiger partial charge >= 0.3 is 0 Å². The van der Waals surface area contributed by atoms with E-state index in [1.165, 1.54) is 12.8 Å². The Labute approximate surface area is 98.5 Å². The first-order chi connectivity index (χ1) is 7.74. The second kappa shape index (κ2) is 8.01. The van der Waals surface area contributed by atoms with Crippen LogP contribution in [0.2, 0.25) is 0 Å². The van der Waals surface area contributed by atoms with E-state index in [1.807, 2.05) is 6.92 Å². The predicted octanol–water partition coefficient (Wildman–Crippen LogP) is 0.885. The minimum Gasteiger partial charge on any atom is -0.393 e. The van der Waals surface area contributed by atoms with Gasteiger partial charge < -0.3 is 14.6 Å². The molecule has 1 fully saturated rings. The summed E-state index contributed by atoms with van der Waals surface area (Å²) in [7, 11) is 1.68. The second-order valence-electron chi connectivity index (χ2n) is 4.52. The molecular weight excluding hydrogens is 206 g/mol. The Morgan fingerprint density at radius 3 is 2.88 bits per heavy atom. The third kappa shape index (κ3) is 5.25. The summed E-state index contributed by atoms with van der Waals surface area (Å²) in [6, 6.07) is 0.547. The molecule has 0 aromatic rings. The normalized spacial score (nSPS) is 23.8. The number of methoxy groups -OCH3 is 1. The summed E-state index contributed by atoms with van der Waals surface area (Å²) in [4.78, 5) is 2.43. The average molecular weight is 231 g/mol. The summed E-state index contributed by atoms with van der Waals surface area (Å²) >= 11 is 0. The Kier molecular flexibility index (Phi) is 6.96. The number of likely N-dealkylation sites (tertiary alicyclic amines) is 1. The van der Waals surface area contributed by atoms with Crippen LogP contribution >= 0.6 is 0 Å². The van der Waals surface area contributed by atoms with Crippen molar-refractivity contribution in [1.82, 2.24) is 4.90 Å². The zero-order chi connectivity index (χ0) is 11.8. The lowest BCUT2D eigenvalue weighted by atomic mass is 10.1. The Balaban J connectivity index is 2.10. The molecule has 16 heavy (non-hydrogen) atoms. The van der Waals surface area contributed by atoms with Gasteiger partial charge in [-0.3, -0.25) is 4.90 Å². The molecule has 1 rings (SSSR count). The van der Waals surface area contributed by atoms with E-state index in [4.69, 9.17) is 9.47 Å². The van der Waals surface area contributed by atoms with Gasteiger partial charge in [0, 0.05) is 19.7 Å². The molecule has 0 bridgehead atoms. The topological polar surface area (TPSA) is 41.9 Å². The maximum Gasteiger partial charge on any atom is 0.0700 e. The van der Waals surface area contributed by atoms with Gasteiger partial charge in [-0.1, -0.05) is 0 Å². The third-order valence-corrected chi connectivity index (χ3v) is 3.07. The molecule has 1 aliphatic heterocycles. The van der Waals surface area contributed by atoms with Crippen LogP contribution in [-0.2, 0) is 9.47 Å². The summed E-state index contributed by atoms with van der Waals surface area (Å²) in [6.07, 6.45) is 3.15. The SMILES string of the molecule is COCCOCCN1CCCC1CC(C)O. The molecule has 0 spiro atoms. The Morgan fingerprint density at radius 2 is 2.19 bits per heavy atom. The first-order valence-corrected chi connectivity index (χ1v) is 6.23. The summed E-state index contributed by atoms with van der Waals surface area (Å²) in [5, 5.41) is 9.40. The lowest BCUT2D eigenvalue weighted by Gasteiger charge is -2.25. The lowest BCUT2D eigenvalue weighted by molar-refractivity contribution is 0.0504. The van der Waals surface area contributed by atoms with Crippen LogP contribution < -0.4 is 0 Å². The molecule has 0 saturated carbocycles. The molecule has 4 heteroatoms. The summed E-state index contributed by atoms with van der Waals surface area (Å²) in [5.41, 5.74) is 0. The number of aliphatic hydroxyl groups excluding tert-OH is 1. The highest BCUT2D eigenvalue weighted by atomic mass is 16.5. The van der Waals surface area contributed by atoms with Gasteiger partial charge in [0.15, 0.2) is 0 Å². The maximum atomic E-state index is 9.40. The molecule has 0 amide bonds. The third-order valence-electron chi connectivity index (χ3n) is 3.07. The number of nitrogens with zero attached hydrogens (tertiary/aromatic N) is 1. The quantitative estimate of drug-likeness (QED) is 0.630. The van der Waals surface area contributed by atoms with Crippen LogP contribution in [-0.4, -0.2) is 62.2 Å². The standard InChI is InChI=1S/C12H25NO3/c1-11(14)10-12-4-3-5-13(12)6-7-16-9-8-15-2/h11-12,14H,3-10H2,1-2H3. The van der Waals surface area contributed by atoms with Gasteiger partial charge in [0.2, 0.25) is 0 Å². The van der Waals surface area contributed by atoms with Crippen LogP contribution in [0.4, 0.5) is 0 Å². The van der Waals surface area contributed by atoms with Crippen molar-refractivity contribution in [2.45, 2.75) is 38.3 Å². The fourth-order valence-corrected chi connectivity index (χ4v) is 2.28. The molecule has 0 radical (unpaired) electrons. The number of hydrogen-bond donors (Lipinski definition) is 1. The number of hydrogen-bond acceptors (Lipinski definition) is 4. The highest BCUT2D eigenvalue weighted by molar-refractivity contribution is 4.80. The van der Waals surface area contributed by atoms with E-state index in [-0.39, 0.29) is 6.10 Å². The van der Waals surface area contributed by atoms with Crippen molar-refractivity contribution in [2.24, 2.45) is 0 Å². The van der Waals surface area contributed by atoms with E-state index in [9.17, 15) is 5.11 Å². The molecule has 1 N–H and O–H groups in total. The van der Waals surface area contributed by atoms with Gasteiger partial charge in [0.05, 0.1) is 25.9 Å². The van der Waals surface area contributed by atoms with Crippen LogP contribution in [0.15, 0.2) is 0 Å². The molecular formula is C12H25NO3. The van der Waals surface area contributed by atoms with Crippen molar-refractivity contribution < 1.29 is 14.6 Å². The van der Waals surface area contributed by atoms with Crippen molar-refractivity contribution in [3.8, 4) is 0 Å². The van der Waals surface area contributed by atoms with Gasteiger partial charge in [0.25, 0.3) is 0 Å². The van der Waals surface area contributed by atoms with Gasteiger partial charge in [-0.25, -0.2) is 0 Å². The predicted molar refractivity (Wildman–Crippen MR) is 63.6 cm³/mol. The highest BCUT2D eigenvalue weighted by Gasteiger charge is 2.24. The van der Waals surface area contributed by atoms with Crippen molar-refractivity contribution >= 4 is 0 Å². The van der Waals surface area contributed by atoms with E-state index in [0.29, 0.717) is 19.3 Å². The van der Waals surface area contributed by atoms with E-state index >= 15 is 0 Å². The Hall–Kier alpha value is -0.160. The molecule has 1 heterocycles. The molecule has 0 aliphatic carbocycles. The average Bonchev–Trinajstić information content (AvgIpc) is 2.64. The summed E-state index contributed by atoms with van der Waals surface area (Å²) in [5.74, 6) is 0. The largest absolute Gasteiger partial charge is 0.393 e. The zero-order valence-electron chi connectivity index (χ0n) is 10.5. The highest BCUT2D eigenvalue weighted by Crippen LogP contribution is 2.20. The van der Waals surface area contributed by atoms with E-state index in [1.54, 1.807) is 7.11 Å². The van der Waals surface area contributed by atoms with Crippen LogP contribution in [0.25, 0.3) is 0 Å². The Bertz CT molecular complexity index is 176. The lowest BCUT2D eigenvalue weighted by Crippen LogP contribution is -2.34. The Morgan fingerprint density at radius 1 is 1.38 bits per heavy atom. The van der Waals surface area contributed by atoms with Crippen LogP contribution in [0, 0.1) is 0 Å². The molecule has 2 atom stereocenters. The van der Waals surface area contributed by atoms with Crippen LogP contribution in [0.3, 0.4) is 0 Å². The van der Waals surface area contributed by atoms with Gasteiger partial charge in [-0.2, -0.15) is 0 Å². The monoisotopic (exact) mass is 231 g/mol. The van der Waals surface area contributed by atoms with Crippen LogP contribution in [0.5, 0.6) is 0 Å².